The molecule has 0 unspecified atom stereocenters. The van der Waals surface area contributed by atoms with Crippen molar-refractivity contribution in [2.24, 2.45) is 23.7 Å². The van der Waals surface area contributed by atoms with E-state index in [-0.39, 0.29) is 23.2 Å². The third kappa shape index (κ3) is 11.2. The summed E-state index contributed by atoms with van der Waals surface area (Å²) in [5.74, 6) is 0.878. The Hall–Kier alpha value is -2.76. The van der Waals surface area contributed by atoms with Gasteiger partial charge in [-0.05, 0) is 74.1 Å². The fourth-order valence-electron chi connectivity index (χ4n) is 5.17. The molecule has 2 aromatic rings. The van der Waals surface area contributed by atoms with Gasteiger partial charge in [0.15, 0.2) is 0 Å². The van der Waals surface area contributed by atoms with E-state index >= 15 is 0 Å². The van der Waals surface area contributed by atoms with Crippen molar-refractivity contribution < 1.29 is 18.0 Å². The fourth-order valence-corrected chi connectivity index (χ4v) is 5.17. The minimum absolute atomic E-state index is 0.0393. The Labute approximate surface area is 246 Å². The summed E-state index contributed by atoms with van der Waals surface area (Å²) in [4.78, 5) is 17.4. The lowest BCUT2D eigenvalue weighted by atomic mass is 9.90. The van der Waals surface area contributed by atoms with E-state index < -0.39 is 6.43 Å². The van der Waals surface area contributed by atoms with Gasteiger partial charge < -0.3 is 9.80 Å². The predicted molar refractivity (Wildman–Crippen MR) is 166 cm³/mol. The number of nitrogens with zero attached hydrogens (tertiary/aromatic N) is 2. The smallest absolute Gasteiger partial charge is 0.263 e. The largest absolute Gasteiger partial charge is 0.371 e. The molecule has 6 heteroatoms. The number of benzene rings is 2. The van der Waals surface area contributed by atoms with E-state index in [4.69, 9.17) is 0 Å². The number of carbonyl (C=O) groups excluding carboxylic acids is 1. The van der Waals surface area contributed by atoms with E-state index in [0.717, 1.165) is 32.4 Å². The van der Waals surface area contributed by atoms with Gasteiger partial charge in [-0.25, -0.2) is 13.2 Å². The van der Waals surface area contributed by atoms with Crippen molar-refractivity contribution in [2.75, 3.05) is 31.1 Å². The van der Waals surface area contributed by atoms with Crippen LogP contribution in [-0.4, -0.2) is 37.0 Å². The van der Waals surface area contributed by atoms with Crippen molar-refractivity contribution in [1.29, 1.82) is 0 Å². The van der Waals surface area contributed by atoms with Crippen molar-refractivity contribution in [3.63, 3.8) is 0 Å². The summed E-state index contributed by atoms with van der Waals surface area (Å²) in [6.45, 7) is 17.6. The Bertz CT molecular complexity index is 1080. The van der Waals surface area contributed by atoms with Gasteiger partial charge in [0.25, 0.3) is 12.3 Å². The van der Waals surface area contributed by atoms with Crippen LogP contribution in [0.2, 0.25) is 0 Å². The van der Waals surface area contributed by atoms with Crippen molar-refractivity contribution in [1.82, 2.24) is 4.90 Å². The summed E-state index contributed by atoms with van der Waals surface area (Å²) in [7, 11) is 0. The molecule has 2 aromatic carbocycles. The number of allylic oxidation sites excluding steroid dienone is 2. The lowest BCUT2D eigenvalue weighted by Crippen LogP contribution is -2.36. The highest BCUT2D eigenvalue weighted by atomic mass is 19.3. The highest BCUT2D eigenvalue weighted by Gasteiger charge is 2.22. The summed E-state index contributed by atoms with van der Waals surface area (Å²) >= 11 is 0. The number of aryl methyl sites for hydroxylation is 1. The maximum absolute atomic E-state index is 14.3. The summed E-state index contributed by atoms with van der Waals surface area (Å²) in [5.41, 5.74) is 2.82. The first-order valence-electron chi connectivity index (χ1n) is 15.3. The van der Waals surface area contributed by atoms with Crippen LogP contribution in [0.15, 0.2) is 60.4 Å². The zero-order valence-corrected chi connectivity index (χ0v) is 26.2. The number of rotatable bonds is 17. The van der Waals surface area contributed by atoms with E-state index in [2.05, 4.69) is 56.9 Å². The molecule has 228 valence electrons. The number of halogens is 3. The molecule has 0 radical (unpaired) electrons. The minimum Gasteiger partial charge on any atom is -0.371 e. The Morgan fingerprint density at radius 3 is 2.15 bits per heavy atom. The quantitative estimate of drug-likeness (QED) is 0.188. The second-order valence-electron chi connectivity index (χ2n) is 12.1. The summed E-state index contributed by atoms with van der Waals surface area (Å²) < 4.78 is 40.2. The first-order valence-corrected chi connectivity index (χ1v) is 15.3. The van der Waals surface area contributed by atoms with Crippen molar-refractivity contribution in [2.45, 2.75) is 80.6 Å². The summed E-state index contributed by atoms with van der Waals surface area (Å²) in [5, 5.41) is 0. The Morgan fingerprint density at radius 2 is 1.59 bits per heavy atom. The van der Waals surface area contributed by atoms with E-state index in [1.165, 1.54) is 35.5 Å². The lowest BCUT2D eigenvalue weighted by molar-refractivity contribution is 0.0750. The van der Waals surface area contributed by atoms with Crippen LogP contribution in [0.1, 0.15) is 95.1 Å². The molecule has 41 heavy (non-hydrogen) atoms. The summed E-state index contributed by atoms with van der Waals surface area (Å²) in [6, 6.07) is 14.1. The number of anilines is 1. The van der Waals surface area contributed by atoms with Crippen molar-refractivity contribution in [3.8, 4) is 0 Å². The maximum atomic E-state index is 14.3. The zero-order valence-electron chi connectivity index (χ0n) is 26.2. The molecular formula is C35H51F3N2O. The van der Waals surface area contributed by atoms with Crippen LogP contribution in [0.5, 0.6) is 0 Å². The zero-order chi connectivity index (χ0) is 30.5. The number of hydrogen-bond acceptors (Lipinski definition) is 2. The van der Waals surface area contributed by atoms with Gasteiger partial charge in [-0.3, -0.25) is 4.79 Å². The first-order chi connectivity index (χ1) is 19.4. The number of para-hydroxylation sites is 1. The molecule has 0 heterocycles. The monoisotopic (exact) mass is 572 g/mol. The molecule has 2 atom stereocenters. The highest BCUT2D eigenvalue weighted by Crippen LogP contribution is 2.28. The standard InChI is InChI=1S/C35H51F3N2O/c1-8-21-39(35(41)30-17-15-29(16-18-30)34(37)38)22-11-12-27(6)23-40(33-14-10-9-13-28(33)7)24-31(25(2)3)19-20-32(36)26(4)5/h9-10,13-18,20,25-27,31,34H,8,11-12,19,21-24H2,1-7H3/b32-20+/t27-,31-/m1/s1. The SMILES string of the molecule is CCCN(CCC[C@@H](C)CN(C[C@@H](C/C=C(/F)C(C)C)C(C)C)c1ccccc1C)C(=O)c1ccc(C(F)F)cc1. The third-order valence-electron chi connectivity index (χ3n) is 7.87. The molecule has 0 saturated carbocycles. The van der Waals surface area contributed by atoms with Crippen molar-refractivity contribution >= 4 is 11.6 Å². The van der Waals surface area contributed by atoms with Gasteiger partial charge in [0.1, 0.15) is 0 Å². The molecular weight excluding hydrogens is 521 g/mol. The Balaban J connectivity index is 2.08. The van der Waals surface area contributed by atoms with Crippen LogP contribution in [0.4, 0.5) is 18.9 Å². The molecule has 0 spiro atoms. The molecule has 1 amide bonds. The topological polar surface area (TPSA) is 23.6 Å². The first kappa shape index (κ1) is 34.4. The molecule has 0 aliphatic carbocycles. The molecule has 2 rings (SSSR count). The number of amides is 1. The van der Waals surface area contributed by atoms with Crippen LogP contribution in [-0.2, 0) is 0 Å². The van der Waals surface area contributed by atoms with Gasteiger partial charge in [-0.15, -0.1) is 0 Å². The molecule has 0 aromatic heterocycles. The third-order valence-corrected chi connectivity index (χ3v) is 7.87. The minimum atomic E-state index is -2.54. The average molecular weight is 573 g/mol. The van der Waals surface area contributed by atoms with E-state index in [1.54, 1.807) is 6.08 Å². The van der Waals surface area contributed by atoms with Crippen LogP contribution < -0.4 is 4.90 Å². The Morgan fingerprint density at radius 1 is 0.927 bits per heavy atom. The molecule has 0 aliphatic heterocycles. The van der Waals surface area contributed by atoms with Gasteiger partial charge >= 0.3 is 0 Å². The Kier molecular flexibility index (Phi) is 14.5. The van der Waals surface area contributed by atoms with Gasteiger partial charge in [0.2, 0.25) is 0 Å². The van der Waals surface area contributed by atoms with Crippen LogP contribution >= 0.6 is 0 Å². The molecule has 0 N–H and O–H groups in total. The van der Waals surface area contributed by atoms with Crippen LogP contribution in [0.25, 0.3) is 0 Å². The summed E-state index contributed by atoms with van der Waals surface area (Å²) in [6.07, 6.45) is 2.59. The molecule has 0 saturated heterocycles. The second kappa shape index (κ2) is 17.3. The van der Waals surface area contributed by atoms with E-state index in [0.29, 0.717) is 42.8 Å². The van der Waals surface area contributed by atoms with Crippen molar-refractivity contribution in [3.05, 3.63) is 77.1 Å². The van der Waals surface area contributed by atoms with Gasteiger partial charge in [0, 0.05) is 48.9 Å². The van der Waals surface area contributed by atoms with Gasteiger partial charge in [0.05, 0.1) is 5.83 Å². The van der Waals surface area contributed by atoms with Gasteiger partial charge in [-0.1, -0.05) is 78.0 Å². The fraction of sp³-hybridized carbons (Fsp3) is 0.571. The molecule has 0 aliphatic rings. The lowest BCUT2D eigenvalue weighted by Gasteiger charge is -2.34. The molecule has 0 bridgehead atoms. The van der Waals surface area contributed by atoms with Gasteiger partial charge in [-0.2, -0.15) is 0 Å². The van der Waals surface area contributed by atoms with Crippen LogP contribution in [0, 0.1) is 30.6 Å². The van der Waals surface area contributed by atoms with Crippen LogP contribution in [0.3, 0.4) is 0 Å². The normalized spacial score (nSPS) is 13.6. The number of alkyl halides is 2. The second-order valence-corrected chi connectivity index (χ2v) is 12.1. The number of hydrogen-bond donors (Lipinski definition) is 0. The number of carbonyl (C=O) groups is 1. The van der Waals surface area contributed by atoms with E-state index in [1.807, 2.05) is 25.7 Å². The average Bonchev–Trinajstić information content (AvgIpc) is 2.93. The predicted octanol–water partition coefficient (Wildman–Crippen LogP) is 9.88. The van der Waals surface area contributed by atoms with E-state index in [9.17, 15) is 18.0 Å². The molecule has 0 fully saturated rings. The molecule has 3 nitrogen and oxygen atoms in total. The highest BCUT2D eigenvalue weighted by molar-refractivity contribution is 5.94. The maximum Gasteiger partial charge on any atom is 0.263 e.